The Morgan fingerprint density at radius 2 is 1.16 bits per heavy atom. The highest BCUT2D eigenvalue weighted by molar-refractivity contribution is 7.95. The lowest BCUT2D eigenvalue weighted by atomic mass is 10.1. The van der Waals surface area contributed by atoms with Gasteiger partial charge in [0.15, 0.2) is 5.96 Å². The molecule has 0 aliphatic rings. The summed E-state index contributed by atoms with van der Waals surface area (Å²) in [4.78, 5) is 67.6. The Balaban J connectivity index is 1.22. The van der Waals surface area contributed by atoms with Gasteiger partial charge in [-0.1, -0.05) is 66.7 Å². The van der Waals surface area contributed by atoms with E-state index in [9.17, 15) is 29.1 Å². The molecule has 0 radical (unpaired) electrons. The van der Waals surface area contributed by atoms with E-state index in [4.69, 9.17) is 17.2 Å². The summed E-state index contributed by atoms with van der Waals surface area (Å²) in [7, 11) is -2.02. The summed E-state index contributed by atoms with van der Waals surface area (Å²) in [5, 5.41) is 24.7. The molecule has 4 aromatic rings. The number of unbranched alkanes of at least 4 members (excludes halogenated alkanes) is 3. The molecule has 330 valence electrons. The summed E-state index contributed by atoms with van der Waals surface area (Å²) in [6, 6.07) is 36.9. The number of aliphatic carboxylic acids is 1. The number of guanidine groups is 1. The van der Waals surface area contributed by atoms with Gasteiger partial charge in [0.2, 0.25) is 23.6 Å². The first-order valence-corrected chi connectivity index (χ1v) is 23.3. The van der Waals surface area contributed by atoms with Crippen LogP contribution in [-0.2, 0) is 30.5 Å². The molecule has 11 N–H and O–H groups in total. The van der Waals surface area contributed by atoms with Crippen molar-refractivity contribution in [3.05, 3.63) is 121 Å². The van der Waals surface area contributed by atoms with E-state index in [1.165, 1.54) is 15.9 Å². The fourth-order valence-electron chi connectivity index (χ4n) is 7.26. The van der Waals surface area contributed by atoms with Crippen molar-refractivity contribution in [3.8, 4) is 0 Å². The van der Waals surface area contributed by atoms with Gasteiger partial charge in [-0.15, -0.1) is 0 Å². The highest BCUT2D eigenvalue weighted by Gasteiger charge is 2.44. The zero-order valence-corrected chi connectivity index (χ0v) is 36.2. The van der Waals surface area contributed by atoms with E-state index in [0.717, 1.165) is 18.1 Å². The van der Waals surface area contributed by atoms with Crippen LogP contribution in [0.5, 0.6) is 0 Å². The number of nitrogens with two attached hydrogens (primary N) is 3. The van der Waals surface area contributed by atoms with Crippen LogP contribution in [0.15, 0.2) is 120 Å². The maximum atomic E-state index is 13.3. The van der Waals surface area contributed by atoms with Crippen molar-refractivity contribution in [3.63, 3.8) is 0 Å². The molecule has 0 saturated heterocycles. The molecule has 0 bridgehead atoms. The first kappa shape index (κ1) is 48.6. The summed E-state index contributed by atoms with van der Waals surface area (Å²) in [6.07, 6.45) is 5.10. The predicted octanol–water partition coefficient (Wildman–Crippen LogP) is 3.81. The lowest BCUT2D eigenvalue weighted by Gasteiger charge is -2.27. The molecule has 0 spiro atoms. The van der Waals surface area contributed by atoms with Crippen molar-refractivity contribution in [2.75, 3.05) is 24.6 Å². The standard InChI is InChI=1S/C47H61N8O6P/c48-30-13-10-25-40(54-42(56)27-12-15-32-62(37-19-4-1-5-20-37,38-21-6-2-7-22-38)39-23-8-3-9-24-39)45(59)51-31-14-11-26-41(46(60)61)55-44(58)29-28-43(57)53-36-18-16-17-35(33-36)34-52-47(49)50/h1-9,16-24,33,40-41H,10-15,25-32,34,48H2,(H8-,49,50,51,52,53,54,55,56,57,58,59,60,61)/p+1. The minimum Gasteiger partial charge on any atom is -0.480 e. The van der Waals surface area contributed by atoms with Gasteiger partial charge in [0.05, 0.1) is 12.7 Å². The second-order valence-electron chi connectivity index (χ2n) is 15.1. The normalized spacial score (nSPS) is 12.0. The van der Waals surface area contributed by atoms with Crippen molar-refractivity contribution in [2.24, 2.45) is 22.2 Å². The highest BCUT2D eigenvalue weighted by Crippen LogP contribution is 2.56. The molecule has 62 heavy (non-hydrogen) atoms. The summed E-state index contributed by atoms with van der Waals surface area (Å²) in [5.41, 5.74) is 17.8. The van der Waals surface area contributed by atoms with Crippen molar-refractivity contribution in [1.29, 1.82) is 0 Å². The van der Waals surface area contributed by atoms with Crippen LogP contribution >= 0.6 is 7.26 Å². The van der Waals surface area contributed by atoms with Gasteiger partial charge in [0, 0.05) is 31.5 Å². The minimum atomic E-state index is -2.02. The number of hydrogen-bond donors (Lipinski definition) is 8. The van der Waals surface area contributed by atoms with E-state index in [2.05, 4.69) is 99.1 Å². The summed E-state index contributed by atoms with van der Waals surface area (Å²) >= 11 is 0. The number of carboxylic acids is 1. The number of anilines is 1. The molecule has 15 heteroatoms. The fourth-order valence-corrected chi connectivity index (χ4v) is 11.7. The molecule has 0 heterocycles. The maximum Gasteiger partial charge on any atom is 0.326 e. The molecular formula is C47H62N8O6P+. The van der Waals surface area contributed by atoms with E-state index in [1.807, 2.05) is 18.2 Å². The molecule has 0 aliphatic carbocycles. The number of carbonyl (C=O) groups excluding carboxylic acids is 4. The van der Waals surface area contributed by atoms with Gasteiger partial charge in [-0.05, 0) is 112 Å². The molecule has 4 amide bonds. The Morgan fingerprint density at radius 1 is 0.613 bits per heavy atom. The summed E-state index contributed by atoms with van der Waals surface area (Å²) < 4.78 is 0. The molecule has 2 unspecified atom stereocenters. The second kappa shape index (κ2) is 26.3. The molecule has 0 saturated carbocycles. The number of benzene rings is 4. The van der Waals surface area contributed by atoms with Crippen LogP contribution in [0.3, 0.4) is 0 Å². The number of nitrogens with zero attached hydrogens (tertiary/aromatic N) is 1. The topological polar surface area (TPSA) is 244 Å². The lowest BCUT2D eigenvalue weighted by molar-refractivity contribution is -0.142. The first-order valence-electron chi connectivity index (χ1n) is 21.3. The Bertz CT molecular complexity index is 1950. The van der Waals surface area contributed by atoms with Crippen molar-refractivity contribution in [1.82, 2.24) is 16.0 Å². The van der Waals surface area contributed by atoms with E-state index in [1.54, 1.807) is 24.3 Å². The molecular weight excluding hydrogens is 804 g/mol. The average molecular weight is 866 g/mol. The van der Waals surface area contributed by atoms with Crippen LogP contribution in [0.4, 0.5) is 5.69 Å². The van der Waals surface area contributed by atoms with Gasteiger partial charge in [0.1, 0.15) is 35.3 Å². The van der Waals surface area contributed by atoms with Gasteiger partial charge in [0.25, 0.3) is 0 Å². The second-order valence-corrected chi connectivity index (χ2v) is 18.8. The quantitative estimate of drug-likeness (QED) is 0.0188. The average Bonchev–Trinajstić information content (AvgIpc) is 3.28. The Kier molecular flexibility index (Phi) is 20.6. The highest BCUT2D eigenvalue weighted by atomic mass is 31.2. The lowest BCUT2D eigenvalue weighted by Crippen LogP contribution is -2.47. The smallest absolute Gasteiger partial charge is 0.326 e. The molecule has 0 aliphatic heterocycles. The van der Waals surface area contributed by atoms with Crippen LogP contribution < -0.4 is 54.4 Å². The van der Waals surface area contributed by atoms with E-state index in [0.29, 0.717) is 50.8 Å². The molecule has 4 rings (SSSR count). The van der Waals surface area contributed by atoms with Crippen molar-refractivity contribution in [2.45, 2.75) is 89.3 Å². The van der Waals surface area contributed by atoms with Crippen LogP contribution in [0.2, 0.25) is 0 Å². The van der Waals surface area contributed by atoms with Crippen LogP contribution in [0.25, 0.3) is 0 Å². The van der Waals surface area contributed by atoms with Crippen molar-refractivity contribution >= 4 is 64.4 Å². The number of nitrogens with one attached hydrogen (secondary N) is 4. The maximum absolute atomic E-state index is 13.3. The van der Waals surface area contributed by atoms with Crippen molar-refractivity contribution < 1.29 is 29.1 Å². The zero-order valence-electron chi connectivity index (χ0n) is 35.3. The van der Waals surface area contributed by atoms with Gasteiger partial charge < -0.3 is 43.6 Å². The third-order valence-electron chi connectivity index (χ3n) is 10.4. The Morgan fingerprint density at radius 3 is 1.74 bits per heavy atom. The number of aliphatic imine (C=N–C) groups is 1. The number of amides is 4. The van der Waals surface area contributed by atoms with E-state index >= 15 is 0 Å². The Labute approximate surface area is 365 Å². The fraction of sp³-hybridized carbons (Fsp3) is 0.362. The molecule has 14 nitrogen and oxygen atoms in total. The van der Waals surface area contributed by atoms with Gasteiger partial charge in [-0.2, -0.15) is 0 Å². The third kappa shape index (κ3) is 16.1. The molecule has 0 fully saturated rings. The molecule has 2 atom stereocenters. The largest absolute Gasteiger partial charge is 0.480 e. The van der Waals surface area contributed by atoms with Crippen LogP contribution in [0.1, 0.15) is 76.2 Å². The Hall–Kier alpha value is -6.11. The van der Waals surface area contributed by atoms with Crippen LogP contribution in [0, 0.1) is 0 Å². The number of carboxylic acid groups (broad SMARTS) is 1. The minimum absolute atomic E-state index is 0.0505. The van der Waals surface area contributed by atoms with Crippen LogP contribution in [-0.4, -0.2) is 72.0 Å². The number of rotatable bonds is 27. The monoisotopic (exact) mass is 865 g/mol. The zero-order chi connectivity index (χ0) is 44.6. The summed E-state index contributed by atoms with van der Waals surface area (Å²) in [5.74, 6) is -2.71. The SMILES string of the molecule is NCCCCC(NC(=O)CCCC[P+](c1ccccc1)(c1ccccc1)c1ccccc1)C(=O)NCCCCC(NC(=O)CCC(=O)Nc1cccc(CN=C(N)N)c1)C(=O)O. The molecule has 4 aromatic carbocycles. The predicted molar refractivity (Wildman–Crippen MR) is 249 cm³/mol. The first-order chi connectivity index (χ1) is 30.0. The third-order valence-corrected chi connectivity index (χ3v) is 14.9. The van der Waals surface area contributed by atoms with Gasteiger partial charge >= 0.3 is 5.97 Å². The van der Waals surface area contributed by atoms with Gasteiger partial charge in [-0.25, -0.2) is 9.79 Å². The summed E-state index contributed by atoms with van der Waals surface area (Å²) in [6.45, 7) is 0.985. The van der Waals surface area contributed by atoms with E-state index in [-0.39, 0.29) is 56.5 Å². The number of hydrogen-bond acceptors (Lipinski definition) is 7. The number of carbonyl (C=O) groups is 5. The van der Waals surface area contributed by atoms with Gasteiger partial charge in [-0.3, -0.25) is 19.2 Å². The molecule has 0 aromatic heterocycles. The van der Waals surface area contributed by atoms with E-state index < -0.39 is 37.1 Å².